The molecule has 0 N–H and O–H groups in total. The average molecular weight is 439 g/mol. The molecule has 1 unspecified atom stereocenters. The van der Waals surface area contributed by atoms with Crippen LogP contribution in [0.1, 0.15) is 52.9 Å². The third-order valence-electron chi connectivity index (χ3n) is 6.66. The monoisotopic (exact) mass is 438 g/mol. The van der Waals surface area contributed by atoms with Crippen LogP contribution in [0, 0.1) is 0 Å². The number of amides is 2. The zero-order chi connectivity index (χ0) is 22.4. The van der Waals surface area contributed by atoms with Crippen molar-refractivity contribution < 1.29 is 19.1 Å². The molecule has 1 atom stereocenters. The summed E-state index contributed by atoms with van der Waals surface area (Å²) in [5.74, 6) is 0.0580. The highest BCUT2D eigenvalue weighted by atomic mass is 16.6. The normalized spacial score (nSPS) is 25.0. The van der Waals surface area contributed by atoms with Crippen LogP contribution in [0.2, 0.25) is 0 Å². The van der Waals surface area contributed by atoms with Crippen LogP contribution in [0.15, 0.2) is 0 Å². The summed E-state index contributed by atoms with van der Waals surface area (Å²) >= 11 is 0. The smallest absolute Gasteiger partial charge is 0.410 e. The summed E-state index contributed by atoms with van der Waals surface area (Å²) in [6, 6.07) is 0.646. The van der Waals surface area contributed by atoms with Crippen molar-refractivity contribution in [2.24, 2.45) is 0 Å². The molecule has 0 saturated carbocycles. The lowest BCUT2D eigenvalue weighted by molar-refractivity contribution is -0.139. The number of carbonyl (C=O) groups excluding carboxylic acids is 2. The summed E-state index contributed by atoms with van der Waals surface area (Å²) in [4.78, 5) is 33.8. The fraction of sp³-hybridized carbons (Fsp3) is 0.913. The molecule has 2 amide bonds. The van der Waals surface area contributed by atoms with Gasteiger partial charge in [0.15, 0.2) is 0 Å². The topological polar surface area (TPSA) is 65.6 Å². The summed E-state index contributed by atoms with van der Waals surface area (Å²) in [5, 5.41) is 0. The van der Waals surface area contributed by atoms with Crippen LogP contribution in [0.3, 0.4) is 0 Å². The number of piperazine rings is 1. The number of carbonyl (C=O) groups is 2. The molecule has 3 aliphatic heterocycles. The summed E-state index contributed by atoms with van der Waals surface area (Å²) in [7, 11) is 2.19. The first-order valence-electron chi connectivity index (χ1n) is 12.0. The summed E-state index contributed by atoms with van der Waals surface area (Å²) < 4.78 is 11.3. The molecule has 178 valence electrons. The standard InChI is InChI=1S/C23H42N4O4/c1-23(2,3)31-22(29)27-10-6-5-7-20(27)17-30-18-21(28)26-15-13-25(14-16-26)19-8-11-24(4)12-9-19/h19-20H,5-18H2,1-4H3. The molecule has 3 rings (SSSR count). The van der Waals surface area contributed by atoms with Gasteiger partial charge in [-0.15, -0.1) is 0 Å². The average Bonchev–Trinajstić information content (AvgIpc) is 2.73. The number of likely N-dealkylation sites (tertiary alicyclic amines) is 2. The van der Waals surface area contributed by atoms with Crippen LogP contribution in [-0.4, -0.2) is 115 Å². The Labute approximate surface area is 187 Å². The minimum atomic E-state index is -0.508. The van der Waals surface area contributed by atoms with Gasteiger partial charge >= 0.3 is 6.09 Å². The Morgan fingerprint density at radius 2 is 1.58 bits per heavy atom. The van der Waals surface area contributed by atoms with Gasteiger partial charge in [0.2, 0.25) is 5.91 Å². The highest BCUT2D eigenvalue weighted by molar-refractivity contribution is 5.77. The van der Waals surface area contributed by atoms with Crippen molar-refractivity contribution in [3.8, 4) is 0 Å². The second-order valence-electron chi connectivity index (χ2n) is 10.3. The Balaban J connectivity index is 1.38. The lowest BCUT2D eigenvalue weighted by Gasteiger charge is -2.42. The number of rotatable bonds is 5. The van der Waals surface area contributed by atoms with Gasteiger partial charge in [-0.25, -0.2) is 4.79 Å². The molecule has 0 aromatic rings. The molecule has 31 heavy (non-hydrogen) atoms. The zero-order valence-corrected chi connectivity index (χ0v) is 20.0. The molecule has 0 aromatic heterocycles. The van der Waals surface area contributed by atoms with Crippen LogP contribution < -0.4 is 0 Å². The Bertz CT molecular complexity index is 593. The number of hydrogen-bond donors (Lipinski definition) is 0. The van der Waals surface area contributed by atoms with E-state index in [4.69, 9.17) is 9.47 Å². The van der Waals surface area contributed by atoms with Gasteiger partial charge in [-0.05, 0) is 73.0 Å². The number of hydrogen-bond acceptors (Lipinski definition) is 6. The minimum absolute atomic E-state index is 0.0160. The first-order chi connectivity index (χ1) is 14.7. The third-order valence-corrected chi connectivity index (χ3v) is 6.66. The number of ether oxygens (including phenoxy) is 2. The molecule has 3 fully saturated rings. The molecule has 0 spiro atoms. The fourth-order valence-corrected chi connectivity index (χ4v) is 4.80. The first-order valence-corrected chi connectivity index (χ1v) is 12.0. The van der Waals surface area contributed by atoms with Crippen molar-refractivity contribution in [2.75, 3.05) is 66.1 Å². The van der Waals surface area contributed by atoms with Gasteiger partial charge in [0, 0.05) is 38.8 Å². The van der Waals surface area contributed by atoms with E-state index in [0.717, 1.165) is 45.4 Å². The summed E-state index contributed by atoms with van der Waals surface area (Å²) in [5.41, 5.74) is -0.508. The molecular formula is C23H42N4O4. The van der Waals surface area contributed by atoms with E-state index in [1.165, 1.54) is 25.9 Å². The zero-order valence-electron chi connectivity index (χ0n) is 20.0. The lowest BCUT2D eigenvalue weighted by atomic mass is 10.0. The SMILES string of the molecule is CN1CCC(N2CCN(C(=O)COCC3CCCCN3C(=O)OC(C)(C)C)CC2)CC1. The maximum Gasteiger partial charge on any atom is 0.410 e. The molecule has 3 aliphatic rings. The van der Waals surface area contributed by atoms with Crippen molar-refractivity contribution in [1.29, 1.82) is 0 Å². The second kappa shape index (κ2) is 11.0. The Kier molecular flexibility index (Phi) is 8.58. The lowest BCUT2D eigenvalue weighted by Crippen LogP contribution is -2.54. The van der Waals surface area contributed by atoms with Crippen molar-refractivity contribution in [1.82, 2.24) is 19.6 Å². The van der Waals surface area contributed by atoms with Crippen molar-refractivity contribution >= 4 is 12.0 Å². The Hall–Kier alpha value is -1.38. The largest absolute Gasteiger partial charge is 0.444 e. The van der Waals surface area contributed by atoms with Crippen molar-refractivity contribution in [3.63, 3.8) is 0 Å². The second-order valence-corrected chi connectivity index (χ2v) is 10.3. The minimum Gasteiger partial charge on any atom is -0.444 e. The van der Waals surface area contributed by atoms with Crippen LogP contribution in [0.25, 0.3) is 0 Å². The van der Waals surface area contributed by atoms with Crippen LogP contribution >= 0.6 is 0 Å². The van der Waals surface area contributed by atoms with Crippen LogP contribution in [-0.2, 0) is 14.3 Å². The van der Waals surface area contributed by atoms with Gasteiger partial charge in [-0.3, -0.25) is 9.69 Å². The maximum atomic E-state index is 12.6. The van der Waals surface area contributed by atoms with Gasteiger partial charge in [-0.2, -0.15) is 0 Å². The van der Waals surface area contributed by atoms with Gasteiger partial charge < -0.3 is 24.2 Å². The van der Waals surface area contributed by atoms with E-state index in [2.05, 4.69) is 16.8 Å². The van der Waals surface area contributed by atoms with E-state index >= 15 is 0 Å². The third kappa shape index (κ3) is 7.32. The van der Waals surface area contributed by atoms with E-state index in [1.54, 1.807) is 4.90 Å². The maximum absolute atomic E-state index is 12.6. The van der Waals surface area contributed by atoms with Gasteiger partial charge in [0.1, 0.15) is 12.2 Å². The van der Waals surface area contributed by atoms with Gasteiger partial charge in [0.25, 0.3) is 0 Å². The molecule has 0 aromatic carbocycles. The molecular weight excluding hydrogens is 396 g/mol. The highest BCUT2D eigenvalue weighted by Crippen LogP contribution is 2.21. The quantitative estimate of drug-likeness (QED) is 0.654. The first kappa shape index (κ1) is 24.3. The Morgan fingerprint density at radius 3 is 2.23 bits per heavy atom. The molecule has 0 bridgehead atoms. The fourth-order valence-electron chi connectivity index (χ4n) is 4.80. The van der Waals surface area contributed by atoms with E-state index in [1.807, 2.05) is 25.7 Å². The van der Waals surface area contributed by atoms with E-state index in [0.29, 0.717) is 19.2 Å². The molecule has 0 aliphatic carbocycles. The van der Waals surface area contributed by atoms with Crippen molar-refractivity contribution in [2.45, 2.75) is 70.6 Å². The van der Waals surface area contributed by atoms with Crippen molar-refractivity contribution in [3.05, 3.63) is 0 Å². The molecule has 8 nitrogen and oxygen atoms in total. The van der Waals surface area contributed by atoms with Crippen LogP contribution in [0.5, 0.6) is 0 Å². The predicted octanol–water partition coefficient (Wildman–Crippen LogP) is 2.03. The predicted molar refractivity (Wildman–Crippen MR) is 120 cm³/mol. The summed E-state index contributed by atoms with van der Waals surface area (Å²) in [6.45, 7) is 12.6. The molecule has 3 heterocycles. The highest BCUT2D eigenvalue weighted by Gasteiger charge is 2.31. The molecule has 8 heteroatoms. The van der Waals surface area contributed by atoms with E-state index in [9.17, 15) is 9.59 Å². The van der Waals surface area contributed by atoms with E-state index in [-0.39, 0.29) is 24.6 Å². The number of nitrogens with zero attached hydrogens (tertiary/aromatic N) is 4. The number of piperidine rings is 2. The molecule has 3 saturated heterocycles. The summed E-state index contributed by atoms with van der Waals surface area (Å²) in [6.07, 6.45) is 5.11. The van der Waals surface area contributed by atoms with Crippen LogP contribution in [0.4, 0.5) is 4.79 Å². The van der Waals surface area contributed by atoms with E-state index < -0.39 is 5.60 Å². The molecule has 0 radical (unpaired) electrons. The van der Waals surface area contributed by atoms with Gasteiger partial charge in [0.05, 0.1) is 12.6 Å². The Morgan fingerprint density at radius 1 is 0.903 bits per heavy atom. The van der Waals surface area contributed by atoms with Gasteiger partial charge in [-0.1, -0.05) is 0 Å².